The number of hydrogen-bond donors (Lipinski definition) is 2. The zero-order chi connectivity index (χ0) is 13.2. The molecule has 18 heavy (non-hydrogen) atoms. The predicted octanol–water partition coefficient (Wildman–Crippen LogP) is 2.42. The van der Waals surface area contributed by atoms with E-state index in [1.165, 1.54) is 0 Å². The molecule has 0 radical (unpaired) electrons. The molecule has 0 amide bonds. The lowest BCUT2D eigenvalue weighted by Crippen LogP contribution is -2.18. The van der Waals surface area contributed by atoms with Gasteiger partial charge in [0, 0.05) is 23.8 Å². The van der Waals surface area contributed by atoms with Gasteiger partial charge in [-0.05, 0) is 24.1 Å². The van der Waals surface area contributed by atoms with E-state index in [0.29, 0.717) is 18.9 Å². The fourth-order valence-electron chi connectivity index (χ4n) is 1.43. The summed E-state index contributed by atoms with van der Waals surface area (Å²) in [6.07, 6.45) is 1.78. The molecule has 3 N–H and O–H groups in total. The van der Waals surface area contributed by atoms with Crippen LogP contribution < -0.4 is 5.73 Å². The van der Waals surface area contributed by atoms with Crippen LogP contribution in [-0.2, 0) is 11.3 Å². The van der Waals surface area contributed by atoms with Crippen LogP contribution in [0.4, 0.5) is 0 Å². The van der Waals surface area contributed by atoms with Crippen molar-refractivity contribution in [2.75, 3.05) is 19.0 Å². The second-order valence-corrected chi connectivity index (χ2v) is 5.33. The summed E-state index contributed by atoms with van der Waals surface area (Å²) in [6, 6.07) is 8.12. The molecule has 0 fully saturated rings. The first-order valence-electron chi connectivity index (χ1n) is 6.44. The van der Waals surface area contributed by atoms with E-state index in [-0.39, 0.29) is 0 Å². The Morgan fingerprint density at radius 1 is 1.33 bits per heavy atom. The maximum atomic E-state index is 9.74. The summed E-state index contributed by atoms with van der Waals surface area (Å²) in [5.74, 6) is 0.661. The summed E-state index contributed by atoms with van der Waals surface area (Å²) in [6.45, 7) is 3.86. The quantitative estimate of drug-likeness (QED) is 0.534. The van der Waals surface area contributed by atoms with Crippen LogP contribution in [0.5, 0.6) is 0 Å². The Kier molecular flexibility index (Phi) is 8.09. The molecule has 4 heteroatoms. The van der Waals surface area contributed by atoms with Crippen LogP contribution in [0, 0.1) is 0 Å². The molecule has 0 bridgehead atoms. The van der Waals surface area contributed by atoms with Crippen molar-refractivity contribution in [2.45, 2.75) is 37.3 Å². The normalized spacial score (nSPS) is 12.6. The largest absolute Gasteiger partial charge is 0.390 e. The van der Waals surface area contributed by atoms with Gasteiger partial charge in [-0.3, -0.25) is 0 Å². The van der Waals surface area contributed by atoms with Crippen LogP contribution in [0.2, 0.25) is 0 Å². The lowest BCUT2D eigenvalue weighted by molar-refractivity contribution is 0.0473. The Morgan fingerprint density at radius 3 is 2.67 bits per heavy atom. The van der Waals surface area contributed by atoms with Crippen molar-refractivity contribution in [3.05, 3.63) is 29.8 Å². The van der Waals surface area contributed by atoms with E-state index in [0.717, 1.165) is 29.9 Å². The molecule has 1 aromatic carbocycles. The fraction of sp³-hybridized carbons (Fsp3) is 0.571. The summed E-state index contributed by atoms with van der Waals surface area (Å²) in [5, 5.41) is 9.74. The Balaban J connectivity index is 2.18. The van der Waals surface area contributed by atoms with Crippen LogP contribution >= 0.6 is 11.8 Å². The molecular weight excluding hydrogens is 246 g/mol. The van der Waals surface area contributed by atoms with Gasteiger partial charge < -0.3 is 15.6 Å². The molecule has 0 aliphatic heterocycles. The second kappa shape index (κ2) is 9.39. The molecule has 1 unspecified atom stereocenters. The highest BCUT2D eigenvalue weighted by Crippen LogP contribution is 2.19. The van der Waals surface area contributed by atoms with Gasteiger partial charge in [-0.2, -0.15) is 0 Å². The lowest BCUT2D eigenvalue weighted by Gasteiger charge is -2.11. The van der Waals surface area contributed by atoms with E-state index in [9.17, 15) is 5.11 Å². The fourth-order valence-corrected chi connectivity index (χ4v) is 2.24. The Morgan fingerprint density at radius 2 is 2.06 bits per heavy atom. The molecule has 0 heterocycles. The third kappa shape index (κ3) is 6.40. The van der Waals surface area contributed by atoms with Gasteiger partial charge in [0.15, 0.2) is 0 Å². The van der Waals surface area contributed by atoms with Crippen molar-refractivity contribution >= 4 is 11.8 Å². The minimum atomic E-state index is -0.402. The van der Waals surface area contributed by atoms with Crippen LogP contribution in [0.3, 0.4) is 0 Å². The van der Waals surface area contributed by atoms with Gasteiger partial charge in [0.1, 0.15) is 0 Å². The van der Waals surface area contributed by atoms with Gasteiger partial charge in [0.2, 0.25) is 0 Å². The highest BCUT2D eigenvalue weighted by atomic mass is 32.2. The molecule has 1 rings (SSSR count). The minimum absolute atomic E-state index is 0.402. The van der Waals surface area contributed by atoms with Crippen LogP contribution in [-0.4, -0.2) is 30.2 Å². The summed E-state index contributed by atoms with van der Waals surface area (Å²) in [4.78, 5) is 1.15. The Labute approximate surface area is 114 Å². The average Bonchev–Trinajstić information content (AvgIpc) is 2.42. The molecular formula is C14H23NO2S. The highest BCUT2D eigenvalue weighted by Gasteiger charge is 2.05. The molecule has 0 saturated carbocycles. The molecule has 3 nitrogen and oxygen atoms in total. The summed E-state index contributed by atoms with van der Waals surface area (Å²) >= 11 is 1.64. The molecule has 0 saturated heterocycles. The molecule has 102 valence electrons. The smallest absolute Gasteiger partial charge is 0.0867 e. The molecule has 0 spiro atoms. The zero-order valence-electron chi connectivity index (χ0n) is 11.0. The zero-order valence-corrected chi connectivity index (χ0v) is 11.8. The SMILES string of the molecule is CCCCOCC(O)CSc1ccc(CN)cc1. The van der Waals surface area contributed by atoms with Gasteiger partial charge in [-0.25, -0.2) is 0 Å². The Hall–Kier alpha value is -0.550. The van der Waals surface area contributed by atoms with Crippen molar-refractivity contribution in [1.82, 2.24) is 0 Å². The molecule has 0 aromatic heterocycles. The second-order valence-electron chi connectivity index (χ2n) is 4.24. The molecule has 1 atom stereocenters. The third-order valence-corrected chi connectivity index (χ3v) is 3.71. The summed E-state index contributed by atoms with van der Waals surface area (Å²) < 4.78 is 5.38. The number of thioether (sulfide) groups is 1. The average molecular weight is 269 g/mol. The number of rotatable bonds is 9. The Bertz CT molecular complexity index is 316. The standard InChI is InChI=1S/C14H23NO2S/c1-2-3-8-17-10-13(16)11-18-14-6-4-12(9-15)5-7-14/h4-7,13,16H,2-3,8-11,15H2,1H3. The van der Waals surface area contributed by atoms with Gasteiger partial charge in [0.05, 0.1) is 12.7 Å². The van der Waals surface area contributed by atoms with Crippen molar-refractivity contribution in [3.8, 4) is 0 Å². The topological polar surface area (TPSA) is 55.5 Å². The maximum absolute atomic E-state index is 9.74. The number of ether oxygens (including phenoxy) is 1. The summed E-state index contributed by atoms with van der Waals surface area (Å²) in [5.41, 5.74) is 6.67. The van der Waals surface area contributed by atoms with E-state index >= 15 is 0 Å². The van der Waals surface area contributed by atoms with Gasteiger partial charge in [-0.15, -0.1) is 11.8 Å². The maximum Gasteiger partial charge on any atom is 0.0867 e. The highest BCUT2D eigenvalue weighted by molar-refractivity contribution is 7.99. The van der Waals surface area contributed by atoms with Crippen LogP contribution in [0.25, 0.3) is 0 Å². The van der Waals surface area contributed by atoms with E-state index in [1.807, 2.05) is 24.3 Å². The first-order valence-corrected chi connectivity index (χ1v) is 7.42. The third-order valence-electron chi connectivity index (χ3n) is 2.55. The number of unbranched alkanes of at least 4 members (excludes halogenated alkanes) is 1. The van der Waals surface area contributed by atoms with Gasteiger partial charge in [-0.1, -0.05) is 25.5 Å². The molecule has 0 aliphatic rings. The van der Waals surface area contributed by atoms with Gasteiger partial charge >= 0.3 is 0 Å². The first-order chi connectivity index (χ1) is 8.76. The summed E-state index contributed by atoms with van der Waals surface area (Å²) in [7, 11) is 0. The van der Waals surface area contributed by atoms with E-state index in [1.54, 1.807) is 11.8 Å². The number of benzene rings is 1. The number of nitrogens with two attached hydrogens (primary N) is 1. The molecule has 0 aliphatic carbocycles. The van der Waals surface area contributed by atoms with Crippen LogP contribution in [0.15, 0.2) is 29.2 Å². The minimum Gasteiger partial charge on any atom is -0.390 e. The number of hydrogen-bond acceptors (Lipinski definition) is 4. The van der Waals surface area contributed by atoms with E-state index in [4.69, 9.17) is 10.5 Å². The van der Waals surface area contributed by atoms with E-state index < -0.39 is 6.10 Å². The van der Waals surface area contributed by atoms with Crippen molar-refractivity contribution in [3.63, 3.8) is 0 Å². The van der Waals surface area contributed by atoms with Crippen molar-refractivity contribution in [1.29, 1.82) is 0 Å². The number of aliphatic hydroxyl groups excluding tert-OH is 1. The van der Waals surface area contributed by atoms with Gasteiger partial charge in [0.25, 0.3) is 0 Å². The van der Waals surface area contributed by atoms with Crippen molar-refractivity contribution in [2.24, 2.45) is 5.73 Å². The van der Waals surface area contributed by atoms with E-state index in [2.05, 4.69) is 6.92 Å². The first kappa shape index (κ1) is 15.5. The molecule has 1 aromatic rings. The van der Waals surface area contributed by atoms with Crippen LogP contribution in [0.1, 0.15) is 25.3 Å². The lowest BCUT2D eigenvalue weighted by atomic mass is 10.2. The van der Waals surface area contributed by atoms with Crippen molar-refractivity contribution < 1.29 is 9.84 Å². The predicted molar refractivity (Wildman–Crippen MR) is 76.8 cm³/mol. The monoisotopic (exact) mass is 269 g/mol. The number of aliphatic hydroxyl groups is 1.